The van der Waals surface area contributed by atoms with Gasteiger partial charge in [-0.1, -0.05) is 6.07 Å². The average molecular weight is 286 g/mol. The van der Waals surface area contributed by atoms with Gasteiger partial charge < -0.3 is 0 Å². The molecule has 0 unspecified atom stereocenters. The van der Waals surface area contributed by atoms with Gasteiger partial charge >= 0.3 is 5.69 Å². The summed E-state index contributed by atoms with van der Waals surface area (Å²) < 4.78 is 23.3. The summed E-state index contributed by atoms with van der Waals surface area (Å²) in [7, 11) is -3.66. The first-order valence-electron chi connectivity index (χ1n) is 5.79. The van der Waals surface area contributed by atoms with Crippen LogP contribution in [0.5, 0.6) is 0 Å². The molecule has 0 aromatic heterocycles. The molecule has 1 aliphatic rings. The van der Waals surface area contributed by atoms with Gasteiger partial charge in [-0.15, -0.1) is 0 Å². The standard InChI is InChI=1S/C11H14N2O5S/c1-19(16,17)10-6-4-5-9(11(10)13(14)15)12-7-2-3-8-18-12/h4-6H,2-3,7-8H2,1H3. The fourth-order valence-corrected chi connectivity index (χ4v) is 2.84. The van der Waals surface area contributed by atoms with Gasteiger partial charge in [0.25, 0.3) is 0 Å². The average Bonchev–Trinajstić information content (AvgIpc) is 2.37. The molecule has 1 aromatic carbocycles. The van der Waals surface area contributed by atoms with Crippen LogP contribution in [-0.2, 0) is 14.7 Å². The maximum atomic E-state index is 11.6. The second kappa shape index (κ2) is 5.14. The highest BCUT2D eigenvalue weighted by Gasteiger charge is 2.29. The highest BCUT2D eigenvalue weighted by molar-refractivity contribution is 7.90. The third-order valence-electron chi connectivity index (χ3n) is 2.83. The van der Waals surface area contributed by atoms with Crippen molar-refractivity contribution >= 4 is 21.2 Å². The molecule has 1 fully saturated rings. The molecule has 19 heavy (non-hydrogen) atoms. The Labute approximate surface area is 110 Å². The van der Waals surface area contributed by atoms with Crippen molar-refractivity contribution in [1.29, 1.82) is 0 Å². The van der Waals surface area contributed by atoms with Gasteiger partial charge in [-0.3, -0.25) is 15.0 Å². The molecule has 0 bridgehead atoms. The van der Waals surface area contributed by atoms with Crippen LogP contribution in [0.2, 0.25) is 0 Å². The van der Waals surface area contributed by atoms with Gasteiger partial charge in [-0.2, -0.15) is 0 Å². The summed E-state index contributed by atoms with van der Waals surface area (Å²) in [5.74, 6) is 0. The molecule has 7 nitrogen and oxygen atoms in total. The van der Waals surface area contributed by atoms with E-state index >= 15 is 0 Å². The van der Waals surface area contributed by atoms with Crippen LogP contribution < -0.4 is 5.06 Å². The Morgan fingerprint density at radius 3 is 2.63 bits per heavy atom. The van der Waals surface area contributed by atoms with Crippen LogP contribution >= 0.6 is 0 Å². The van der Waals surface area contributed by atoms with Gasteiger partial charge in [0.2, 0.25) is 0 Å². The largest absolute Gasteiger partial charge is 0.313 e. The Balaban J connectivity index is 2.57. The van der Waals surface area contributed by atoms with E-state index in [1.54, 1.807) is 0 Å². The van der Waals surface area contributed by atoms with Crippen LogP contribution in [0.3, 0.4) is 0 Å². The van der Waals surface area contributed by atoms with Crippen molar-refractivity contribution in [3.05, 3.63) is 28.3 Å². The third kappa shape index (κ3) is 2.85. The van der Waals surface area contributed by atoms with Crippen molar-refractivity contribution in [2.24, 2.45) is 0 Å². The number of nitro benzene ring substituents is 1. The highest BCUT2D eigenvalue weighted by atomic mass is 32.2. The summed E-state index contributed by atoms with van der Waals surface area (Å²) >= 11 is 0. The second-order valence-corrected chi connectivity index (χ2v) is 6.28. The van der Waals surface area contributed by atoms with E-state index in [0.717, 1.165) is 19.1 Å². The molecule has 1 heterocycles. The van der Waals surface area contributed by atoms with Crippen molar-refractivity contribution in [3.63, 3.8) is 0 Å². The Morgan fingerprint density at radius 1 is 1.37 bits per heavy atom. The molecule has 0 radical (unpaired) electrons. The zero-order valence-corrected chi connectivity index (χ0v) is 11.2. The molecule has 1 saturated heterocycles. The van der Waals surface area contributed by atoms with E-state index in [1.807, 2.05) is 0 Å². The molecule has 8 heteroatoms. The summed E-state index contributed by atoms with van der Waals surface area (Å²) in [5, 5.41) is 12.6. The van der Waals surface area contributed by atoms with E-state index in [4.69, 9.17) is 4.84 Å². The van der Waals surface area contributed by atoms with E-state index in [2.05, 4.69) is 0 Å². The molecular weight excluding hydrogens is 272 g/mol. The van der Waals surface area contributed by atoms with Gasteiger partial charge in [0.1, 0.15) is 10.6 Å². The summed E-state index contributed by atoms with van der Waals surface area (Å²) in [6, 6.07) is 4.22. The number of hydrogen-bond acceptors (Lipinski definition) is 6. The maximum absolute atomic E-state index is 11.6. The highest BCUT2D eigenvalue weighted by Crippen LogP contribution is 2.35. The zero-order chi connectivity index (χ0) is 14.0. The predicted molar refractivity (Wildman–Crippen MR) is 68.7 cm³/mol. The summed E-state index contributed by atoms with van der Waals surface area (Å²) in [4.78, 5) is 15.6. The molecule has 0 aliphatic carbocycles. The first-order valence-corrected chi connectivity index (χ1v) is 7.68. The monoisotopic (exact) mass is 286 g/mol. The molecule has 0 saturated carbocycles. The SMILES string of the molecule is CS(=O)(=O)c1cccc(N2CCCCO2)c1[N+](=O)[O-]. The Bertz CT molecular complexity index is 593. The minimum Gasteiger partial charge on any atom is -0.273 e. The van der Waals surface area contributed by atoms with E-state index in [-0.39, 0.29) is 10.6 Å². The first-order chi connectivity index (χ1) is 8.91. The van der Waals surface area contributed by atoms with Gasteiger partial charge in [-0.25, -0.2) is 13.5 Å². The van der Waals surface area contributed by atoms with Crippen LogP contribution in [0.25, 0.3) is 0 Å². The molecule has 1 aromatic rings. The number of nitrogens with zero attached hydrogens (tertiary/aromatic N) is 2. The Morgan fingerprint density at radius 2 is 2.11 bits per heavy atom. The Kier molecular flexibility index (Phi) is 3.72. The van der Waals surface area contributed by atoms with E-state index in [0.29, 0.717) is 13.2 Å². The van der Waals surface area contributed by atoms with Crippen LogP contribution in [0, 0.1) is 10.1 Å². The van der Waals surface area contributed by atoms with Gasteiger partial charge in [0, 0.05) is 12.8 Å². The maximum Gasteiger partial charge on any atom is 0.313 e. The number of para-hydroxylation sites is 1. The zero-order valence-electron chi connectivity index (χ0n) is 10.4. The molecule has 0 spiro atoms. The minimum atomic E-state index is -3.66. The van der Waals surface area contributed by atoms with E-state index in [1.165, 1.54) is 23.3 Å². The van der Waals surface area contributed by atoms with Gasteiger partial charge in [0.05, 0.1) is 11.5 Å². The molecule has 104 valence electrons. The summed E-state index contributed by atoms with van der Waals surface area (Å²) in [6.07, 6.45) is 2.69. The predicted octanol–water partition coefficient (Wildman–Crippen LogP) is 1.53. The second-order valence-electron chi connectivity index (χ2n) is 4.30. The lowest BCUT2D eigenvalue weighted by atomic mass is 10.2. The number of nitro groups is 1. The van der Waals surface area contributed by atoms with Crippen LogP contribution in [-0.4, -0.2) is 32.7 Å². The summed E-state index contributed by atoms with van der Waals surface area (Å²) in [5.41, 5.74) is -0.237. The first kappa shape index (κ1) is 13.8. The third-order valence-corrected chi connectivity index (χ3v) is 3.96. The van der Waals surface area contributed by atoms with E-state index in [9.17, 15) is 18.5 Å². The fourth-order valence-electron chi connectivity index (χ4n) is 1.98. The van der Waals surface area contributed by atoms with Crippen molar-refractivity contribution in [2.45, 2.75) is 17.7 Å². The van der Waals surface area contributed by atoms with Crippen LogP contribution in [0.1, 0.15) is 12.8 Å². The lowest BCUT2D eigenvalue weighted by Crippen LogP contribution is -2.30. The number of rotatable bonds is 3. The number of sulfone groups is 1. The smallest absolute Gasteiger partial charge is 0.273 e. The number of benzene rings is 1. The lowest BCUT2D eigenvalue weighted by Gasteiger charge is -2.27. The van der Waals surface area contributed by atoms with Crippen molar-refractivity contribution in [2.75, 3.05) is 24.5 Å². The van der Waals surface area contributed by atoms with Gasteiger partial charge in [0.15, 0.2) is 9.84 Å². The van der Waals surface area contributed by atoms with Crippen molar-refractivity contribution < 1.29 is 18.2 Å². The van der Waals surface area contributed by atoms with E-state index < -0.39 is 20.4 Å². The summed E-state index contributed by atoms with van der Waals surface area (Å²) in [6.45, 7) is 0.980. The fraction of sp³-hybridized carbons (Fsp3) is 0.455. The quantitative estimate of drug-likeness (QED) is 0.618. The van der Waals surface area contributed by atoms with Gasteiger partial charge in [-0.05, 0) is 25.0 Å². The number of hydrogen-bond donors (Lipinski definition) is 0. The van der Waals surface area contributed by atoms with Crippen molar-refractivity contribution in [3.8, 4) is 0 Å². The molecular formula is C11H14N2O5S. The number of anilines is 1. The molecule has 0 N–H and O–H groups in total. The molecule has 2 rings (SSSR count). The Hall–Kier alpha value is -1.67. The topological polar surface area (TPSA) is 89.8 Å². The number of hydroxylamine groups is 1. The molecule has 1 aliphatic heterocycles. The van der Waals surface area contributed by atoms with Crippen LogP contribution in [0.4, 0.5) is 11.4 Å². The van der Waals surface area contributed by atoms with Crippen molar-refractivity contribution in [1.82, 2.24) is 0 Å². The molecule has 0 amide bonds. The van der Waals surface area contributed by atoms with Crippen LogP contribution in [0.15, 0.2) is 23.1 Å². The molecule has 0 atom stereocenters. The lowest BCUT2D eigenvalue weighted by molar-refractivity contribution is -0.387. The normalized spacial score (nSPS) is 16.4. The minimum absolute atomic E-state index is 0.188.